The monoisotopic (exact) mass is 484 g/mol. The van der Waals surface area contributed by atoms with Crippen LogP contribution in [-0.4, -0.2) is 29.7 Å². The molecule has 0 N–H and O–H groups in total. The Bertz CT molecular complexity index is 1490. The Morgan fingerprint density at radius 2 is 1.92 bits per heavy atom. The fraction of sp³-hybridized carbons (Fsp3) is 0.379. The van der Waals surface area contributed by atoms with Crippen molar-refractivity contribution in [3.63, 3.8) is 0 Å². The first kappa shape index (κ1) is 22.9. The smallest absolute Gasteiger partial charge is 0.317 e. The van der Waals surface area contributed by atoms with Gasteiger partial charge in [-0.15, -0.1) is 4.91 Å². The number of ether oxygens (including phenoxy) is 2. The lowest BCUT2D eigenvalue weighted by atomic mass is 9.75. The summed E-state index contributed by atoms with van der Waals surface area (Å²) in [7, 11) is 0. The number of fused-ring (bicyclic) bond motifs is 2. The lowest BCUT2D eigenvalue weighted by Gasteiger charge is -2.46. The molecule has 0 bridgehead atoms. The van der Waals surface area contributed by atoms with Crippen LogP contribution in [0.5, 0.6) is 5.75 Å². The van der Waals surface area contributed by atoms with E-state index < -0.39 is 5.91 Å². The molecule has 3 heterocycles. The van der Waals surface area contributed by atoms with Crippen LogP contribution in [0.1, 0.15) is 53.6 Å². The van der Waals surface area contributed by atoms with E-state index in [4.69, 9.17) is 18.9 Å². The Hall–Kier alpha value is -3.58. The van der Waals surface area contributed by atoms with Crippen molar-refractivity contribution in [2.75, 3.05) is 13.2 Å². The fourth-order valence-corrected chi connectivity index (χ4v) is 5.68. The second kappa shape index (κ2) is 8.82. The van der Waals surface area contributed by atoms with Crippen molar-refractivity contribution in [2.45, 2.75) is 51.6 Å². The molecule has 2 aromatic carbocycles. The number of hydrogen-bond acceptors (Lipinski definition) is 6. The number of aromatic nitrogens is 1. The van der Waals surface area contributed by atoms with E-state index in [0.717, 1.165) is 60.8 Å². The molecule has 1 amide bonds. The van der Waals surface area contributed by atoms with Crippen LogP contribution in [-0.2, 0) is 4.74 Å². The number of carbonyl (C=O) groups excluding carboxylic acids is 1. The van der Waals surface area contributed by atoms with Crippen LogP contribution in [0.2, 0.25) is 0 Å². The van der Waals surface area contributed by atoms with E-state index in [1.807, 2.05) is 50.2 Å². The molecule has 36 heavy (non-hydrogen) atoms. The van der Waals surface area contributed by atoms with Gasteiger partial charge in [0, 0.05) is 16.1 Å². The standard InChI is InChI=1S/C29H28N2O5/c1-17-7-8-24(34-16-19-9-11-29(12-10-19)13-14-35-29)25-21(28(32)31-33)15-22(30-26(17)25)27-18(2)20-5-3-4-6-23(20)36-27/h3-8,15,19H,9-14,16H2,1-2H3. The van der Waals surface area contributed by atoms with E-state index >= 15 is 0 Å². The van der Waals surface area contributed by atoms with Gasteiger partial charge in [-0.05, 0) is 75.6 Å². The Kier molecular flexibility index (Phi) is 5.60. The highest BCUT2D eigenvalue weighted by Gasteiger charge is 2.41. The zero-order valence-corrected chi connectivity index (χ0v) is 20.5. The van der Waals surface area contributed by atoms with Gasteiger partial charge in [0.05, 0.1) is 35.3 Å². The second-order valence-electron chi connectivity index (χ2n) is 10.1. The maximum absolute atomic E-state index is 12.7. The summed E-state index contributed by atoms with van der Waals surface area (Å²) in [5, 5.41) is 4.24. The molecule has 2 fully saturated rings. The van der Waals surface area contributed by atoms with Crippen molar-refractivity contribution in [1.82, 2.24) is 4.98 Å². The molecule has 7 nitrogen and oxygen atoms in total. The zero-order valence-electron chi connectivity index (χ0n) is 20.5. The summed E-state index contributed by atoms with van der Waals surface area (Å²) in [6.07, 6.45) is 5.40. The first-order valence-corrected chi connectivity index (χ1v) is 12.6. The highest BCUT2D eigenvalue weighted by atomic mass is 16.5. The van der Waals surface area contributed by atoms with E-state index in [0.29, 0.717) is 40.6 Å². The van der Waals surface area contributed by atoms with Crippen molar-refractivity contribution >= 4 is 27.8 Å². The minimum absolute atomic E-state index is 0.109. The van der Waals surface area contributed by atoms with Crippen LogP contribution < -0.4 is 4.74 Å². The molecule has 1 spiro atoms. The van der Waals surface area contributed by atoms with Crippen LogP contribution in [0.4, 0.5) is 0 Å². The maximum atomic E-state index is 12.7. The largest absolute Gasteiger partial charge is 0.493 e. The summed E-state index contributed by atoms with van der Waals surface area (Å²) in [4.78, 5) is 29.0. The number of nitroso groups, excluding NO2 is 1. The molecule has 1 aliphatic heterocycles. The van der Waals surface area contributed by atoms with Gasteiger partial charge in [0.15, 0.2) is 5.76 Å². The number of furan rings is 1. The number of amides is 1. The topological polar surface area (TPSA) is 91.0 Å². The summed E-state index contributed by atoms with van der Waals surface area (Å²) >= 11 is 0. The number of rotatable bonds is 5. The molecule has 0 unspecified atom stereocenters. The minimum atomic E-state index is -0.852. The maximum Gasteiger partial charge on any atom is 0.317 e. The van der Waals surface area contributed by atoms with Gasteiger partial charge in [0.1, 0.15) is 17.0 Å². The molecule has 6 rings (SSSR count). The summed E-state index contributed by atoms with van der Waals surface area (Å²) in [5.74, 6) is 0.681. The molecule has 1 saturated heterocycles. The molecule has 184 valence electrons. The van der Waals surface area contributed by atoms with Gasteiger partial charge in [-0.1, -0.05) is 24.3 Å². The summed E-state index contributed by atoms with van der Waals surface area (Å²) in [5.41, 5.74) is 3.90. The van der Waals surface area contributed by atoms with Crippen LogP contribution in [0.25, 0.3) is 33.3 Å². The number of pyridine rings is 1. The summed E-state index contributed by atoms with van der Waals surface area (Å²) < 4.78 is 18.2. The highest BCUT2D eigenvalue weighted by Crippen LogP contribution is 2.43. The van der Waals surface area contributed by atoms with Gasteiger partial charge in [0.25, 0.3) is 0 Å². The third-order valence-corrected chi connectivity index (χ3v) is 7.97. The van der Waals surface area contributed by atoms with Crippen LogP contribution in [0.15, 0.2) is 52.1 Å². The molecule has 0 atom stereocenters. The first-order valence-electron chi connectivity index (χ1n) is 12.6. The predicted octanol–water partition coefficient (Wildman–Crippen LogP) is 6.90. The molecule has 2 aromatic heterocycles. The third-order valence-electron chi connectivity index (χ3n) is 7.97. The number of hydrogen-bond donors (Lipinski definition) is 0. The van der Waals surface area contributed by atoms with E-state index in [9.17, 15) is 9.70 Å². The highest BCUT2D eigenvalue weighted by molar-refractivity contribution is 6.10. The Morgan fingerprint density at radius 1 is 1.14 bits per heavy atom. The third kappa shape index (κ3) is 3.78. The van der Waals surface area contributed by atoms with Crippen molar-refractivity contribution in [3.8, 4) is 17.2 Å². The van der Waals surface area contributed by atoms with Gasteiger partial charge in [-0.3, -0.25) is 4.79 Å². The first-order chi connectivity index (χ1) is 17.5. The van der Waals surface area contributed by atoms with Crippen molar-refractivity contribution < 1.29 is 18.7 Å². The quantitative estimate of drug-likeness (QED) is 0.286. The van der Waals surface area contributed by atoms with Gasteiger partial charge < -0.3 is 13.9 Å². The van der Waals surface area contributed by atoms with E-state index in [-0.39, 0.29) is 11.2 Å². The van der Waals surface area contributed by atoms with E-state index in [1.165, 1.54) is 0 Å². The lowest BCUT2D eigenvalue weighted by molar-refractivity contribution is -0.171. The SMILES string of the molecule is Cc1c(-c2cc(C(=O)N=O)c3c(OCC4CCC5(CCO5)CC4)ccc(C)c3n2)oc2ccccc12. The van der Waals surface area contributed by atoms with Crippen LogP contribution >= 0.6 is 0 Å². The van der Waals surface area contributed by atoms with E-state index in [2.05, 4.69) is 5.18 Å². The molecule has 1 aliphatic carbocycles. The van der Waals surface area contributed by atoms with Gasteiger partial charge in [-0.2, -0.15) is 0 Å². The van der Waals surface area contributed by atoms with Crippen molar-refractivity contribution in [2.24, 2.45) is 11.1 Å². The molecule has 1 saturated carbocycles. The fourth-order valence-electron chi connectivity index (χ4n) is 5.68. The minimum Gasteiger partial charge on any atom is -0.493 e. The predicted molar refractivity (Wildman–Crippen MR) is 137 cm³/mol. The molecular formula is C29H28N2O5. The molecule has 4 aromatic rings. The Labute approximate surface area is 208 Å². The Balaban J connectivity index is 1.39. The summed E-state index contributed by atoms with van der Waals surface area (Å²) in [6, 6.07) is 13.1. The van der Waals surface area contributed by atoms with E-state index in [1.54, 1.807) is 6.07 Å². The normalized spacial score (nSPS) is 21.6. The van der Waals surface area contributed by atoms with Gasteiger partial charge in [0.2, 0.25) is 0 Å². The van der Waals surface area contributed by atoms with Crippen molar-refractivity contribution in [1.29, 1.82) is 0 Å². The number of benzene rings is 2. The summed E-state index contributed by atoms with van der Waals surface area (Å²) in [6.45, 7) is 5.31. The average Bonchev–Trinajstić information content (AvgIpc) is 3.23. The average molecular weight is 485 g/mol. The molecule has 7 heteroatoms. The molecule has 2 aliphatic rings. The van der Waals surface area contributed by atoms with Crippen LogP contribution in [0.3, 0.4) is 0 Å². The van der Waals surface area contributed by atoms with Crippen molar-refractivity contribution in [3.05, 3.63) is 64.1 Å². The number of nitrogens with zero attached hydrogens (tertiary/aromatic N) is 2. The lowest BCUT2D eigenvalue weighted by Crippen LogP contribution is -2.46. The second-order valence-corrected chi connectivity index (χ2v) is 10.1. The van der Waals surface area contributed by atoms with Crippen LogP contribution in [0, 0.1) is 24.7 Å². The molecule has 0 radical (unpaired) electrons. The Morgan fingerprint density at radius 3 is 2.61 bits per heavy atom. The number of para-hydroxylation sites is 1. The number of carbonyl (C=O) groups is 1. The van der Waals surface area contributed by atoms with Gasteiger partial charge in [-0.25, -0.2) is 4.98 Å². The number of aryl methyl sites for hydroxylation is 2. The zero-order chi connectivity index (χ0) is 24.9. The molecular weight excluding hydrogens is 456 g/mol. The van der Waals surface area contributed by atoms with Gasteiger partial charge >= 0.3 is 5.91 Å².